The number of ketones is 1. The number of carbonyl (C=O) groups is 1. The van der Waals surface area contributed by atoms with Crippen molar-refractivity contribution in [3.63, 3.8) is 0 Å². The Kier molecular flexibility index (Phi) is 4.67. The molecule has 0 aliphatic heterocycles. The summed E-state index contributed by atoms with van der Waals surface area (Å²) in [5.74, 6) is -0.520. The highest BCUT2D eigenvalue weighted by atomic mass is 79.9. The molecule has 0 N–H and O–H groups in total. The molecule has 0 spiro atoms. The number of benzene rings is 2. The molecule has 0 amide bonds. The highest BCUT2D eigenvalue weighted by molar-refractivity contribution is 9.10. The van der Waals surface area contributed by atoms with Gasteiger partial charge in [-0.25, -0.2) is 0 Å². The number of hydrogen-bond acceptors (Lipinski definition) is 2. The first-order valence-corrected chi connectivity index (χ1v) is 6.76. The summed E-state index contributed by atoms with van der Waals surface area (Å²) < 4.78 is 40.7. The summed E-state index contributed by atoms with van der Waals surface area (Å²) in [5, 5.41) is 0. The Hall–Kier alpha value is -1.82. The molecule has 21 heavy (non-hydrogen) atoms. The second kappa shape index (κ2) is 6.30. The van der Waals surface area contributed by atoms with E-state index in [-0.39, 0.29) is 18.0 Å². The average Bonchev–Trinajstić information content (AvgIpc) is 2.37. The molecule has 0 radical (unpaired) electrons. The fourth-order valence-corrected chi connectivity index (χ4v) is 2.22. The average molecular weight is 359 g/mol. The SMILES string of the molecule is O=C(Cc1cccc(Br)c1)c1ccc(OC(F)(F)F)cc1. The largest absolute Gasteiger partial charge is 0.573 e. The van der Waals surface area contributed by atoms with Gasteiger partial charge in [-0.15, -0.1) is 13.2 Å². The molecule has 0 aliphatic carbocycles. The molecule has 0 saturated carbocycles. The van der Waals surface area contributed by atoms with E-state index >= 15 is 0 Å². The Morgan fingerprint density at radius 1 is 1.10 bits per heavy atom. The van der Waals surface area contributed by atoms with Gasteiger partial charge in [-0.1, -0.05) is 28.1 Å². The van der Waals surface area contributed by atoms with Crippen molar-refractivity contribution in [3.8, 4) is 5.75 Å². The third kappa shape index (κ3) is 4.90. The van der Waals surface area contributed by atoms with Crippen molar-refractivity contribution < 1.29 is 22.7 Å². The molecule has 2 aromatic rings. The maximum Gasteiger partial charge on any atom is 0.573 e. The normalized spacial score (nSPS) is 11.2. The molecule has 0 unspecified atom stereocenters. The summed E-state index contributed by atoms with van der Waals surface area (Å²) in [6.07, 6.45) is -4.55. The van der Waals surface area contributed by atoms with Crippen LogP contribution < -0.4 is 4.74 Å². The van der Waals surface area contributed by atoms with Crippen LogP contribution in [0, 0.1) is 0 Å². The number of halogens is 4. The second-order valence-electron chi connectivity index (χ2n) is 4.30. The summed E-state index contributed by atoms with van der Waals surface area (Å²) in [5.41, 5.74) is 1.16. The van der Waals surface area contributed by atoms with Gasteiger partial charge in [0.25, 0.3) is 0 Å². The van der Waals surface area contributed by atoms with Gasteiger partial charge in [0, 0.05) is 16.5 Å². The highest BCUT2D eigenvalue weighted by Crippen LogP contribution is 2.23. The van der Waals surface area contributed by atoms with Gasteiger partial charge in [-0.2, -0.15) is 0 Å². The quantitative estimate of drug-likeness (QED) is 0.735. The minimum atomic E-state index is -4.73. The van der Waals surface area contributed by atoms with Crippen LogP contribution in [0.1, 0.15) is 15.9 Å². The zero-order valence-corrected chi connectivity index (χ0v) is 12.2. The first-order chi connectivity index (χ1) is 9.83. The van der Waals surface area contributed by atoms with E-state index in [2.05, 4.69) is 20.7 Å². The monoisotopic (exact) mass is 358 g/mol. The third-order valence-electron chi connectivity index (χ3n) is 2.66. The Bertz CT molecular complexity index is 636. The van der Waals surface area contributed by atoms with Crippen molar-refractivity contribution in [1.82, 2.24) is 0 Å². The summed E-state index contributed by atoms with van der Waals surface area (Å²) in [6, 6.07) is 12.2. The van der Waals surface area contributed by atoms with Gasteiger partial charge in [0.1, 0.15) is 5.75 Å². The summed E-state index contributed by atoms with van der Waals surface area (Å²) >= 11 is 3.31. The molecule has 0 heterocycles. The maximum absolute atomic E-state index is 12.0. The fourth-order valence-electron chi connectivity index (χ4n) is 1.78. The van der Waals surface area contributed by atoms with E-state index in [4.69, 9.17) is 0 Å². The van der Waals surface area contributed by atoms with E-state index < -0.39 is 6.36 Å². The fraction of sp³-hybridized carbons (Fsp3) is 0.133. The molecule has 2 rings (SSSR count). The standard InChI is InChI=1S/C15H10BrF3O2/c16-12-3-1-2-10(8-12)9-14(20)11-4-6-13(7-5-11)21-15(17,18)19/h1-8H,9H2. The molecule has 0 atom stereocenters. The lowest BCUT2D eigenvalue weighted by atomic mass is 10.0. The van der Waals surface area contributed by atoms with Gasteiger partial charge >= 0.3 is 6.36 Å². The third-order valence-corrected chi connectivity index (χ3v) is 3.16. The minimum Gasteiger partial charge on any atom is -0.406 e. The molecular formula is C15H10BrF3O2. The Labute approximate surface area is 127 Å². The topological polar surface area (TPSA) is 26.3 Å². The van der Waals surface area contributed by atoms with Crippen molar-refractivity contribution in [1.29, 1.82) is 0 Å². The number of carbonyl (C=O) groups excluding carboxylic acids is 1. The summed E-state index contributed by atoms with van der Waals surface area (Å²) in [7, 11) is 0. The number of hydrogen-bond donors (Lipinski definition) is 0. The van der Waals surface area contributed by atoms with E-state index in [9.17, 15) is 18.0 Å². The van der Waals surface area contributed by atoms with Crippen molar-refractivity contribution in [2.24, 2.45) is 0 Å². The van der Waals surface area contributed by atoms with Crippen LogP contribution in [0.3, 0.4) is 0 Å². The van der Waals surface area contributed by atoms with Gasteiger partial charge in [0.15, 0.2) is 5.78 Å². The highest BCUT2D eigenvalue weighted by Gasteiger charge is 2.31. The molecule has 0 fully saturated rings. The second-order valence-corrected chi connectivity index (χ2v) is 5.22. The molecule has 2 nitrogen and oxygen atoms in total. The summed E-state index contributed by atoms with van der Waals surface area (Å²) in [4.78, 5) is 12.0. The molecule has 0 saturated heterocycles. The summed E-state index contributed by atoms with van der Waals surface area (Å²) in [6.45, 7) is 0. The lowest BCUT2D eigenvalue weighted by molar-refractivity contribution is -0.274. The van der Waals surface area contributed by atoms with Crippen molar-refractivity contribution in [3.05, 3.63) is 64.1 Å². The molecule has 2 aromatic carbocycles. The molecular weight excluding hydrogens is 349 g/mol. The van der Waals surface area contributed by atoms with Crippen LogP contribution in [0.2, 0.25) is 0 Å². The minimum absolute atomic E-state index is 0.174. The van der Waals surface area contributed by atoms with Gasteiger partial charge in [-0.05, 0) is 42.0 Å². The molecule has 0 aromatic heterocycles. The Morgan fingerprint density at radius 3 is 2.33 bits per heavy atom. The van der Waals surface area contributed by atoms with E-state index in [1.165, 1.54) is 12.1 Å². The number of rotatable bonds is 4. The van der Waals surface area contributed by atoms with Gasteiger partial charge < -0.3 is 4.74 Å². The number of Topliss-reactive ketones (excluding diaryl/α,β-unsaturated/α-hetero) is 1. The van der Waals surface area contributed by atoms with Crippen LogP contribution in [-0.2, 0) is 6.42 Å². The van der Waals surface area contributed by atoms with Crippen LogP contribution in [0.15, 0.2) is 53.0 Å². The van der Waals surface area contributed by atoms with Crippen LogP contribution in [0.4, 0.5) is 13.2 Å². The van der Waals surface area contributed by atoms with Crippen LogP contribution >= 0.6 is 15.9 Å². The molecule has 6 heteroatoms. The Balaban J connectivity index is 2.06. The van der Waals surface area contributed by atoms with E-state index in [0.29, 0.717) is 5.56 Å². The zero-order valence-electron chi connectivity index (χ0n) is 10.7. The van der Waals surface area contributed by atoms with Gasteiger partial charge in [0.05, 0.1) is 0 Å². The van der Waals surface area contributed by atoms with Crippen molar-refractivity contribution >= 4 is 21.7 Å². The smallest absolute Gasteiger partial charge is 0.406 e. The van der Waals surface area contributed by atoms with Gasteiger partial charge in [0.2, 0.25) is 0 Å². The lowest BCUT2D eigenvalue weighted by Gasteiger charge is -2.09. The van der Waals surface area contributed by atoms with Crippen LogP contribution in [0.5, 0.6) is 5.75 Å². The van der Waals surface area contributed by atoms with E-state index in [1.807, 2.05) is 24.3 Å². The zero-order chi connectivity index (χ0) is 15.5. The predicted octanol–water partition coefficient (Wildman–Crippen LogP) is 4.77. The van der Waals surface area contributed by atoms with Crippen LogP contribution in [-0.4, -0.2) is 12.1 Å². The van der Waals surface area contributed by atoms with Crippen molar-refractivity contribution in [2.75, 3.05) is 0 Å². The molecule has 0 bridgehead atoms. The van der Waals surface area contributed by atoms with Crippen LogP contribution in [0.25, 0.3) is 0 Å². The predicted molar refractivity (Wildman–Crippen MR) is 75.3 cm³/mol. The molecule has 110 valence electrons. The first kappa shape index (κ1) is 15.6. The van der Waals surface area contributed by atoms with E-state index in [1.54, 1.807) is 0 Å². The Morgan fingerprint density at radius 2 is 1.76 bits per heavy atom. The number of alkyl halides is 3. The van der Waals surface area contributed by atoms with Gasteiger partial charge in [-0.3, -0.25) is 4.79 Å². The number of ether oxygens (including phenoxy) is 1. The lowest BCUT2D eigenvalue weighted by Crippen LogP contribution is -2.17. The molecule has 0 aliphatic rings. The van der Waals surface area contributed by atoms with Crippen molar-refractivity contribution in [2.45, 2.75) is 12.8 Å². The van der Waals surface area contributed by atoms with E-state index in [0.717, 1.165) is 22.2 Å². The maximum atomic E-state index is 12.0. The first-order valence-electron chi connectivity index (χ1n) is 5.97.